The molecular weight excluding hydrogens is 370 g/mol. The average Bonchev–Trinajstić information content (AvgIpc) is 2.99. The Morgan fingerprint density at radius 1 is 1.03 bits per heavy atom. The van der Waals surface area contributed by atoms with Gasteiger partial charge in [0.1, 0.15) is 16.8 Å². The monoisotopic (exact) mass is 399 g/mol. The van der Waals surface area contributed by atoms with Gasteiger partial charge in [-0.1, -0.05) is 6.08 Å². The molecule has 3 rings (SSSR count). The summed E-state index contributed by atoms with van der Waals surface area (Å²) in [5.74, 6) is 0. The van der Waals surface area contributed by atoms with Gasteiger partial charge in [-0.15, -0.1) is 0 Å². The summed E-state index contributed by atoms with van der Waals surface area (Å²) in [5, 5.41) is 0.885. The predicted molar refractivity (Wildman–Crippen MR) is 112 cm³/mol. The second-order valence-corrected chi connectivity index (χ2v) is 9.17. The van der Waals surface area contributed by atoms with Crippen LogP contribution in [-0.2, 0) is 9.47 Å². The molecule has 3 heterocycles. The fourth-order valence-corrected chi connectivity index (χ4v) is 3.17. The topological polar surface area (TPSA) is 73.7 Å². The normalized spacial score (nSPS) is 15.2. The van der Waals surface area contributed by atoms with Gasteiger partial charge in [-0.3, -0.25) is 0 Å². The van der Waals surface area contributed by atoms with Gasteiger partial charge in [0.25, 0.3) is 0 Å². The number of fused-ring (bicyclic) bond motifs is 1. The zero-order valence-corrected chi connectivity index (χ0v) is 18.0. The molecule has 0 atom stereocenters. The van der Waals surface area contributed by atoms with Crippen LogP contribution in [0.25, 0.3) is 16.6 Å². The van der Waals surface area contributed by atoms with E-state index in [0.717, 1.165) is 16.5 Å². The molecule has 0 radical (unpaired) electrons. The first-order valence-corrected chi connectivity index (χ1v) is 9.81. The molecule has 0 saturated heterocycles. The summed E-state index contributed by atoms with van der Waals surface area (Å²) in [6.07, 6.45) is 5.34. The van der Waals surface area contributed by atoms with E-state index in [2.05, 4.69) is 4.98 Å². The molecule has 156 valence electrons. The summed E-state index contributed by atoms with van der Waals surface area (Å²) in [4.78, 5) is 31.0. The number of nitrogens with zero attached hydrogens (tertiary/aromatic N) is 3. The van der Waals surface area contributed by atoms with Crippen LogP contribution < -0.4 is 0 Å². The molecule has 7 nitrogen and oxygen atoms in total. The second kappa shape index (κ2) is 7.54. The Morgan fingerprint density at radius 3 is 2.28 bits per heavy atom. The minimum atomic E-state index is -0.597. The molecule has 29 heavy (non-hydrogen) atoms. The highest BCUT2D eigenvalue weighted by Crippen LogP contribution is 2.31. The predicted octanol–water partition coefficient (Wildman–Crippen LogP) is 4.84. The molecule has 1 aliphatic heterocycles. The highest BCUT2D eigenvalue weighted by molar-refractivity contribution is 5.96. The van der Waals surface area contributed by atoms with Crippen molar-refractivity contribution in [2.45, 2.75) is 59.2 Å². The molecule has 0 bridgehead atoms. The number of hydrogen-bond acceptors (Lipinski definition) is 5. The van der Waals surface area contributed by atoms with Crippen LogP contribution in [0.2, 0.25) is 0 Å². The Hall–Kier alpha value is -2.83. The Morgan fingerprint density at radius 2 is 1.69 bits per heavy atom. The number of amides is 1. The highest BCUT2D eigenvalue weighted by atomic mass is 16.6. The molecule has 0 N–H and O–H groups in total. The summed E-state index contributed by atoms with van der Waals surface area (Å²) in [6.45, 7) is 12.1. The Labute approximate surface area is 171 Å². The van der Waals surface area contributed by atoms with Gasteiger partial charge in [0.05, 0.1) is 0 Å². The van der Waals surface area contributed by atoms with Crippen LogP contribution in [0.15, 0.2) is 30.6 Å². The maximum atomic E-state index is 12.7. The van der Waals surface area contributed by atoms with Crippen molar-refractivity contribution in [1.82, 2.24) is 14.5 Å². The van der Waals surface area contributed by atoms with Gasteiger partial charge in [-0.05, 0) is 65.7 Å². The Bertz CT molecular complexity index is 961. The van der Waals surface area contributed by atoms with Gasteiger partial charge < -0.3 is 14.4 Å². The van der Waals surface area contributed by atoms with Crippen molar-refractivity contribution in [1.29, 1.82) is 0 Å². The number of pyridine rings is 1. The molecule has 0 fully saturated rings. The minimum Gasteiger partial charge on any atom is -0.444 e. The van der Waals surface area contributed by atoms with Crippen molar-refractivity contribution in [3.8, 4) is 0 Å². The van der Waals surface area contributed by atoms with E-state index in [1.54, 1.807) is 17.3 Å². The van der Waals surface area contributed by atoms with Gasteiger partial charge in [-0.25, -0.2) is 19.1 Å². The number of hydrogen-bond donors (Lipinski definition) is 0. The third kappa shape index (κ3) is 4.96. The molecule has 1 aliphatic rings. The molecular formula is C22H29N3O4. The molecule has 0 unspecified atom stereocenters. The average molecular weight is 399 g/mol. The zero-order chi connectivity index (χ0) is 21.4. The first kappa shape index (κ1) is 20.9. The van der Waals surface area contributed by atoms with Gasteiger partial charge in [-0.2, -0.15) is 0 Å². The number of carbonyl (C=O) groups is 2. The summed E-state index contributed by atoms with van der Waals surface area (Å²) < 4.78 is 12.4. The Balaban J connectivity index is 1.87. The molecule has 0 aliphatic carbocycles. The largest absolute Gasteiger partial charge is 0.444 e. The fraction of sp³-hybridized carbons (Fsp3) is 0.500. The third-order valence-electron chi connectivity index (χ3n) is 4.36. The maximum absolute atomic E-state index is 12.7. The highest BCUT2D eigenvalue weighted by Gasteiger charge is 2.26. The summed E-state index contributed by atoms with van der Waals surface area (Å²) in [7, 11) is 0. The van der Waals surface area contributed by atoms with Gasteiger partial charge >= 0.3 is 12.2 Å². The van der Waals surface area contributed by atoms with E-state index in [4.69, 9.17) is 9.47 Å². The lowest BCUT2D eigenvalue weighted by Gasteiger charge is -2.29. The molecule has 0 saturated carbocycles. The smallest absolute Gasteiger partial charge is 0.420 e. The number of carbonyl (C=O) groups excluding carboxylic acids is 2. The number of rotatable bonds is 1. The second-order valence-electron chi connectivity index (χ2n) is 9.17. The lowest BCUT2D eigenvalue weighted by Crippen LogP contribution is -2.39. The lowest BCUT2D eigenvalue weighted by molar-refractivity contribution is 0.0270. The van der Waals surface area contributed by atoms with E-state index < -0.39 is 17.3 Å². The van der Waals surface area contributed by atoms with Crippen LogP contribution in [0.3, 0.4) is 0 Å². The van der Waals surface area contributed by atoms with Crippen molar-refractivity contribution < 1.29 is 19.1 Å². The van der Waals surface area contributed by atoms with Gasteiger partial charge in [0.2, 0.25) is 0 Å². The molecule has 2 aromatic rings. The van der Waals surface area contributed by atoms with E-state index in [1.165, 1.54) is 4.57 Å². The molecule has 0 aromatic carbocycles. The van der Waals surface area contributed by atoms with Gasteiger partial charge in [0, 0.05) is 36.4 Å². The SMILES string of the molecule is CC(C)(C)OC(=O)N1CC=C(c2cn(C(=O)OC(C)(C)C)c3ncccc23)CC1. The third-order valence-corrected chi connectivity index (χ3v) is 4.36. The van der Waals surface area contributed by atoms with Crippen LogP contribution in [-0.4, -0.2) is 50.9 Å². The van der Waals surface area contributed by atoms with Crippen molar-refractivity contribution >= 4 is 28.8 Å². The lowest BCUT2D eigenvalue weighted by atomic mass is 10.00. The quantitative estimate of drug-likeness (QED) is 0.686. The van der Waals surface area contributed by atoms with E-state index in [-0.39, 0.29) is 6.09 Å². The van der Waals surface area contributed by atoms with Crippen molar-refractivity contribution in [3.63, 3.8) is 0 Å². The molecule has 2 aromatic heterocycles. The van der Waals surface area contributed by atoms with Crippen LogP contribution in [0.5, 0.6) is 0 Å². The van der Waals surface area contributed by atoms with E-state index >= 15 is 0 Å². The standard InChI is InChI=1S/C22H29N3O4/c1-21(2,3)28-19(26)24-12-9-15(10-13-24)17-14-25(20(27)29-22(4,5)6)18-16(17)8-7-11-23-18/h7-9,11,14H,10,12-13H2,1-6H3. The Kier molecular flexibility index (Phi) is 5.43. The fourth-order valence-electron chi connectivity index (χ4n) is 3.17. The minimum absolute atomic E-state index is 0.314. The van der Waals surface area contributed by atoms with Crippen molar-refractivity contribution in [3.05, 3.63) is 36.2 Å². The van der Waals surface area contributed by atoms with E-state index in [0.29, 0.717) is 25.2 Å². The summed E-state index contributed by atoms with van der Waals surface area (Å²) >= 11 is 0. The van der Waals surface area contributed by atoms with Gasteiger partial charge in [0.15, 0.2) is 0 Å². The molecule has 1 amide bonds. The summed E-state index contributed by atoms with van der Waals surface area (Å²) in [5.41, 5.74) is 1.45. The van der Waals surface area contributed by atoms with Crippen molar-refractivity contribution in [2.75, 3.05) is 13.1 Å². The molecule has 7 heteroatoms. The first-order valence-electron chi connectivity index (χ1n) is 9.81. The van der Waals surface area contributed by atoms with Crippen LogP contribution in [0.4, 0.5) is 9.59 Å². The maximum Gasteiger partial charge on any atom is 0.420 e. The van der Waals surface area contributed by atoms with E-state index in [1.807, 2.05) is 59.8 Å². The van der Waals surface area contributed by atoms with Crippen LogP contribution in [0, 0.1) is 0 Å². The van der Waals surface area contributed by atoms with Crippen molar-refractivity contribution in [2.24, 2.45) is 0 Å². The zero-order valence-electron chi connectivity index (χ0n) is 18.0. The van der Waals surface area contributed by atoms with E-state index in [9.17, 15) is 9.59 Å². The molecule has 0 spiro atoms. The number of ether oxygens (including phenoxy) is 2. The first-order chi connectivity index (χ1) is 13.4. The summed E-state index contributed by atoms with van der Waals surface area (Å²) in [6, 6.07) is 3.79. The number of aromatic nitrogens is 2. The van der Waals surface area contributed by atoms with Crippen LogP contribution in [0.1, 0.15) is 53.5 Å². The van der Waals surface area contributed by atoms with Crippen LogP contribution >= 0.6 is 0 Å².